The molecule has 7 heteroatoms. The van der Waals surface area contributed by atoms with Gasteiger partial charge in [-0.05, 0) is 5.56 Å². The summed E-state index contributed by atoms with van der Waals surface area (Å²) < 4.78 is 38.6. The maximum atomic E-state index is 12.5. The van der Waals surface area contributed by atoms with Crippen molar-refractivity contribution in [2.24, 2.45) is 0 Å². The van der Waals surface area contributed by atoms with E-state index in [0.717, 1.165) is 21.4 Å². The van der Waals surface area contributed by atoms with E-state index in [1.54, 1.807) is 33.5 Å². The Labute approximate surface area is 146 Å². The lowest BCUT2D eigenvalue weighted by atomic mass is 10.2. The lowest BCUT2D eigenvalue weighted by Gasteiger charge is -2.11. The quantitative estimate of drug-likeness (QED) is 0.760. The van der Waals surface area contributed by atoms with Gasteiger partial charge in [-0.15, -0.1) is 0 Å². The van der Waals surface area contributed by atoms with Crippen molar-refractivity contribution in [1.82, 2.24) is 0 Å². The van der Waals surface area contributed by atoms with Crippen LogP contribution in [-0.4, -0.2) is 30.1 Å². The fourth-order valence-electron chi connectivity index (χ4n) is 2.20. The highest BCUT2D eigenvalue weighted by Crippen LogP contribution is 2.34. The first-order valence-corrected chi connectivity index (χ1v) is 10.4. The van der Waals surface area contributed by atoms with E-state index in [1.165, 1.54) is 0 Å². The molecule has 130 valence electrons. The van der Waals surface area contributed by atoms with Crippen LogP contribution in [0.5, 0.6) is 17.2 Å². The molecular weight excluding hydrogens is 348 g/mol. The van der Waals surface area contributed by atoms with Gasteiger partial charge < -0.3 is 14.2 Å². The number of hydrogen-bond donors (Lipinski definition) is 1. The van der Waals surface area contributed by atoms with Crippen molar-refractivity contribution in [2.45, 2.75) is 11.5 Å². The number of methoxy groups -OCH3 is 3. The summed E-state index contributed by atoms with van der Waals surface area (Å²) in [6.45, 7) is 0. The van der Waals surface area contributed by atoms with E-state index in [-0.39, 0.29) is 5.75 Å². The summed E-state index contributed by atoms with van der Waals surface area (Å²) in [4.78, 5) is 0. The predicted octanol–water partition coefficient (Wildman–Crippen LogP) is 3.17. The first-order valence-electron chi connectivity index (χ1n) is 7.20. The van der Waals surface area contributed by atoms with E-state index in [4.69, 9.17) is 14.2 Å². The predicted molar refractivity (Wildman–Crippen MR) is 98.1 cm³/mol. The highest BCUT2D eigenvalue weighted by Gasteiger charge is 2.22. The molecule has 2 rings (SSSR count). The van der Waals surface area contributed by atoms with Gasteiger partial charge in [0.1, 0.15) is 23.0 Å². The third-order valence-corrected chi connectivity index (χ3v) is 6.68. The second-order valence-corrected chi connectivity index (χ2v) is 9.23. The molecule has 0 spiro atoms. The maximum absolute atomic E-state index is 12.5. The molecule has 2 aromatic rings. The summed E-state index contributed by atoms with van der Waals surface area (Å²) in [6, 6.07) is 12.7. The second kappa shape index (κ2) is 8.32. The highest BCUT2D eigenvalue weighted by atomic mass is 32.9. The molecule has 0 fully saturated rings. The first kappa shape index (κ1) is 18.5. The molecule has 1 atom stereocenters. The van der Waals surface area contributed by atoms with E-state index in [9.17, 15) is 8.76 Å². The molecule has 24 heavy (non-hydrogen) atoms. The van der Waals surface area contributed by atoms with E-state index in [0.29, 0.717) is 23.0 Å². The van der Waals surface area contributed by atoms with Crippen molar-refractivity contribution >= 4 is 19.1 Å². The topological polar surface area (TPSA) is 65.0 Å². The number of ether oxygens (including phenoxy) is 3. The van der Waals surface area contributed by atoms with Crippen LogP contribution in [0.3, 0.4) is 0 Å². The van der Waals surface area contributed by atoms with Crippen LogP contribution >= 0.6 is 0 Å². The van der Waals surface area contributed by atoms with Gasteiger partial charge in [0.05, 0.1) is 26.9 Å². The normalized spacial score (nSPS) is 13.0. The summed E-state index contributed by atoms with van der Waals surface area (Å²) in [5.74, 6) is 2.12. The molecule has 1 N–H and O–H groups in total. The summed E-state index contributed by atoms with van der Waals surface area (Å²) in [5.41, 5.74) is 1.55. The van der Waals surface area contributed by atoms with Crippen molar-refractivity contribution in [3.05, 3.63) is 53.6 Å². The van der Waals surface area contributed by atoms with Crippen LogP contribution in [0.1, 0.15) is 11.1 Å². The molecule has 0 radical (unpaired) electrons. The smallest absolute Gasteiger partial charge is 0.301 e. The minimum absolute atomic E-state index is 0.0965. The zero-order valence-electron chi connectivity index (χ0n) is 13.9. The van der Waals surface area contributed by atoms with Gasteiger partial charge in [0.2, 0.25) is 5.75 Å². The molecule has 0 aliphatic heterocycles. The molecule has 0 aromatic heterocycles. The Morgan fingerprint density at radius 1 is 1.00 bits per heavy atom. The van der Waals surface area contributed by atoms with Crippen LogP contribution in [0.4, 0.5) is 0 Å². The third-order valence-electron chi connectivity index (χ3n) is 3.40. The van der Waals surface area contributed by atoms with Crippen LogP contribution < -0.4 is 14.2 Å². The Balaban J connectivity index is 2.31. The average molecular weight is 369 g/mol. The van der Waals surface area contributed by atoms with E-state index in [1.807, 2.05) is 30.3 Å². The first-order chi connectivity index (χ1) is 11.5. The maximum Gasteiger partial charge on any atom is 0.301 e. The molecular formula is C17H21O5S2+. The van der Waals surface area contributed by atoms with E-state index >= 15 is 0 Å². The Hall–Kier alpha value is -1.83. The summed E-state index contributed by atoms with van der Waals surface area (Å²) in [7, 11) is 2.55. The van der Waals surface area contributed by atoms with Gasteiger partial charge in [-0.2, -0.15) is 4.21 Å². The molecule has 0 aliphatic rings. The molecule has 1 unspecified atom stereocenters. The van der Waals surface area contributed by atoms with Crippen LogP contribution in [0.15, 0.2) is 42.5 Å². The van der Waals surface area contributed by atoms with Crippen LogP contribution in [-0.2, 0) is 30.6 Å². The molecule has 2 aromatic carbocycles. The average Bonchev–Trinajstić information content (AvgIpc) is 2.59. The van der Waals surface area contributed by atoms with E-state index < -0.39 is 8.77 Å². The molecule has 5 nitrogen and oxygen atoms in total. The number of benzene rings is 2. The van der Waals surface area contributed by atoms with Crippen molar-refractivity contribution in [1.29, 1.82) is 0 Å². The zero-order chi connectivity index (χ0) is 17.6. The molecule has 0 saturated carbocycles. The lowest BCUT2D eigenvalue weighted by molar-refractivity contribution is 0.371. The molecule has 0 amide bonds. The Morgan fingerprint density at radius 2 is 1.58 bits per heavy atom. The van der Waals surface area contributed by atoms with Gasteiger partial charge in [-0.1, -0.05) is 30.3 Å². The number of hydrogen-bond acceptors (Lipinski definition) is 4. The molecule has 0 bridgehead atoms. The fourth-order valence-corrected chi connectivity index (χ4v) is 5.05. The third kappa shape index (κ3) is 4.83. The SMILES string of the molecule is COc1cc(OC)c(C[S+]=S(=O)(O)Cc2ccccc2)c(OC)c1. The summed E-state index contributed by atoms with van der Waals surface area (Å²) in [6.07, 6.45) is 0. The number of rotatable bonds is 7. The zero-order valence-corrected chi connectivity index (χ0v) is 15.5. The van der Waals surface area contributed by atoms with Gasteiger partial charge in [0.15, 0.2) is 0 Å². The highest BCUT2D eigenvalue weighted by molar-refractivity contribution is 8.36. The van der Waals surface area contributed by atoms with Gasteiger partial charge in [-0.25, -0.2) is 0 Å². The van der Waals surface area contributed by atoms with Crippen molar-refractivity contribution in [3.63, 3.8) is 0 Å². The molecule has 0 saturated heterocycles. The van der Waals surface area contributed by atoms with Gasteiger partial charge in [0, 0.05) is 12.1 Å². The Kier molecular flexibility index (Phi) is 6.42. The largest absolute Gasteiger partial charge is 0.496 e. The summed E-state index contributed by atoms with van der Waals surface area (Å²) >= 11 is 0. The minimum atomic E-state index is -3.07. The second-order valence-electron chi connectivity index (χ2n) is 4.98. The van der Waals surface area contributed by atoms with Crippen LogP contribution in [0.2, 0.25) is 0 Å². The Morgan fingerprint density at radius 3 is 2.08 bits per heavy atom. The van der Waals surface area contributed by atoms with Gasteiger partial charge in [-0.3, -0.25) is 4.55 Å². The van der Waals surface area contributed by atoms with Gasteiger partial charge >= 0.3 is 8.77 Å². The lowest BCUT2D eigenvalue weighted by Crippen LogP contribution is -2.05. The molecule has 0 heterocycles. The minimum Gasteiger partial charge on any atom is -0.496 e. The Bertz CT molecular complexity index is 771. The standard InChI is InChI=1S/C17H20O5S2/c1-20-14-9-16(21-2)15(17(10-14)22-3)11-23-24(18,19)12-13-7-5-4-6-8-13/h4-10H,11-12H2,1-3H3/p+1. The van der Waals surface area contributed by atoms with Crippen molar-refractivity contribution in [2.75, 3.05) is 21.3 Å². The van der Waals surface area contributed by atoms with Crippen molar-refractivity contribution < 1.29 is 23.0 Å². The summed E-state index contributed by atoms with van der Waals surface area (Å²) in [5, 5.41) is 0. The van der Waals surface area contributed by atoms with Gasteiger partial charge in [0.25, 0.3) is 10.3 Å². The molecule has 0 aliphatic carbocycles. The van der Waals surface area contributed by atoms with E-state index in [2.05, 4.69) is 0 Å². The fraction of sp³-hybridized carbons (Fsp3) is 0.294. The monoisotopic (exact) mass is 369 g/mol. The van der Waals surface area contributed by atoms with Crippen LogP contribution in [0.25, 0.3) is 0 Å². The van der Waals surface area contributed by atoms with Crippen LogP contribution in [0, 0.1) is 0 Å². The van der Waals surface area contributed by atoms with Crippen molar-refractivity contribution in [3.8, 4) is 17.2 Å².